The van der Waals surface area contributed by atoms with Crippen molar-refractivity contribution < 1.29 is 4.74 Å². The fraction of sp³-hybridized carbons (Fsp3) is 0.533. The van der Waals surface area contributed by atoms with E-state index in [9.17, 15) is 0 Å². The fourth-order valence-corrected chi connectivity index (χ4v) is 2.50. The third kappa shape index (κ3) is 4.66. The van der Waals surface area contributed by atoms with Crippen LogP contribution in [0.4, 0.5) is 5.69 Å². The maximum Gasteiger partial charge on any atom is 0.193 e. The smallest absolute Gasteiger partial charge is 0.193 e. The second kappa shape index (κ2) is 8.31. The molecule has 1 aromatic carbocycles. The maximum absolute atomic E-state index is 5.29. The maximum atomic E-state index is 5.29. The highest BCUT2D eigenvalue weighted by Crippen LogP contribution is 2.24. The number of nitrogens with one attached hydrogen (secondary N) is 1. The molecule has 1 atom stereocenters. The van der Waals surface area contributed by atoms with E-state index in [1.54, 1.807) is 7.11 Å². The monoisotopic (exact) mass is 404 g/mol. The summed E-state index contributed by atoms with van der Waals surface area (Å²) in [7, 11) is 7.53. The standard InChI is InChI=1S/C15H24N4O.HI/c1-16-15(18(2)3)17-12-8-9-19(11-12)13-6-5-7-14(10-13)20-4;/h5-7,10,12H,8-9,11H2,1-4H3,(H,16,17);1H. The molecule has 1 heterocycles. The van der Waals surface area contributed by atoms with Crippen LogP contribution < -0.4 is 15.0 Å². The molecular formula is C15H25IN4O. The number of nitrogens with zero attached hydrogens (tertiary/aromatic N) is 3. The van der Waals surface area contributed by atoms with Crippen LogP contribution in [0.25, 0.3) is 0 Å². The van der Waals surface area contributed by atoms with Crippen molar-refractivity contribution >= 4 is 35.6 Å². The second-order valence-corrected chi connectivity index (χ2v) is 5.22. The van der Waals surface area contributed by atoms with Gasteiger partial charge in [0, 0.05) is 52.0 Å². The lowest BCUT2D eigenvalue weighted by molar-refractivity contribution is 0.415. The van der Waals surface area contributed by atoms with E-state index in [2.05, 4.69) is 27.3 Å². The zero-order valence-corrected chi connectivity index (χ0v) is 15.5. The van der Waals surface area contributed by atoms with Gasteiger partial charge in [0.1, 0.15) is 5.75 Å². The van der Waals surface area contributed by atoms with Crippen molar-refractivity contribution in [3.63, 3.8) is 0 Å². The number of hydrogen-bond donors (Lipinski definition) is 1. The van der Waals surface area contributed by atoms with Crippen molar-refractivity contribution in [2.45, 2.75) is 12.5 Å². The molecule has 0 amide bonds. The molecule has 1 fully saturated rings. The Labute approximate surface area is 144 Å². The van der Waals surface area contributed by atoms with E-state index in [1.807, 2.05) is 38.2 Å². The number of benzene rings is 1. The van der Waals surface area contributed by atoms with Crippen molar-refractivity contribution in [2.75, 3.05) is 46.2 Å². The molecule has 1 aromatic rings. The normalized spacial score (nSPS) is 18.2. The van der Waals surface area contributed by atoms with Gasteiger partial charge in [-0.3, -0.25) is 4.99 Å². The summed E-state index contributed by atoms with van der Waals surface area (Å²) in [6.45, 7) is 2.04. The first-order chi connectivity index (χ1) is 9.63. The lowest BCUT2D eigenvalue weighted by atomic mass is 10.2. The third-order valence-electron chi connectivity index (χ3n) is 3.58. The van der Waals surface area contributed by atoms with Crippen LogP contribution in [0.1, 0.15) is 6.42 Å². The number of hydrogen-bond acceptors (Lipinski definition) is 3. The summed E-state index contributed by atoms with van der Waals surface area (Å²) in [5, 5.41) is 3.50. The average Bonchev–Trinajstić information content (AvgIpc) is 2.93. The number of rotatable bonds is 3. The molecule has 0 aliphatic carbocycles. The highest BCUT2D eigenvalue weighted by molar-refractivity contribution is 14.0. The van der Waals surface area contributed by atoms with Crippen molar-refractivity contribution in [3.05, 3.63) is 24.3 Å². The molecule has 0 saturated carbocycles. The van der Waals surface area contributed by atoms with Gasteiger partial charge in [-0.25, -0.2) is 0 Å². The summed E-state index contributed by atoms with van der Waals surface area (Å²) >= 11 is 0. The molecule has 5 nitrogen and oxygen atoms in total. The van der Waals surface area contributed by atoms with Crippen LogP contribution in [0.15, 0.2) is 29.3 Å². The molecule has 0 spiro atoms. The Morgan fingerprint density at radius 3 is 2.81 bits per heavy atom. The lowest BCUT2D eigenvalue weighted by Crippen LogP contribution is -2.43. The summed E-state index contributed by atoms with van der Waals surface area (Å²) in [5.41, 5.74) is 1.22. The molecular weight excluding hydrogens is 379 g/mol. The van der Waals surface area contributed by atoms with Gasteiger partial charge in [-0.2, -0.15) is 0 Å². The van der Waals surface area contributed by atoms with Crippen LogP contribution in [-0.2, 0) is 0 Å². The first-order valence-electron chi connectivity index (χ1n) is 6.93. The molecule has 1 aliphatic rings. The Morgan fingerprint density at radius 2 is 2.19 bits per heavy atom. The summed E-state index contributed by atoms with van der Waals surface area (Å²) in [5.74, 6) is 1.84. The molecule has 1 saturated heterocycles. The molecule has 2 rings (SSSR count). The lowest BCUT2D eigenvalue weighted by Gasteiger charge is -2.22. The zero-order chi connectivity index (χ0) is 14.5. The van der Waals surface area contributed by atoms with Crippen LogP contribution >= 0.6 is 24.0 Å². The van der Waals surface area contributed by atoms with Crippen LogP contribution in [0, 0.1) is 0 Å². The number of methoxy groups -OCH3 is 1. The van der Waals surface area contributed by atoms with E-state index >= 15 is 0 Å². The van der Waals surface area contributed by atoms with E-state index in [0.717, 1.165) is 31.2 Å². The summed E-state index contributed by atoms with van der Waals surface area (Å²) < 4.78 is 5.29. The topological polar surface area (TPSA) is 40.1 Å². The zero-order valence-electron chi connectivity index (χ0n) is 13.2. The first kappa shape index (κ1) is 17.9. The molecule has 0 radical (unpaired) electrons. The number of anilines is 1. The highest BCUT2D eigenvalue weighted by Gasteiger charge is 2.24. The van der Waals surface area contributed by atoms with Crippen molar-refractivity contribution in [2.24, 2.45) is 4.99 Å². The Kier molecular flexibility index (Phi) is 7.07. The molecule has 0 bridgehead atoms. The highest BCUT2D eigenvalue weighted by atomic mass is 127. The van der Waals surface area contributed by atoms with Gasteiger partial charge in [0.25, 0.3) is 0 Å². The predicted molar refractivity (Wildman–Crippen MR) is 99.2 cm³/mol. The van der Waals surface area contributed by atoms with Gasteiger partial charge in [0.15, 0.2) is 5.96 Å². The number of ether oxygens (including phenoxy) is 1. The molecule has 6 heteroatoms. The van der Waals surface area contributed by atoms with Crippen molar-refractivity contribution in [1.82, 2.24) is 10.2 Å². The predicted octanol–water partition coefficient (Wildman–Crippen LogP) is 2.03. The van der Waals surface area contributed by atoms with Gasteiger partial charge in [0.05, 0.1) is 7.11 Å². The van der Waals surface area contributed by atoms with Gasteiger partial charge < -0.3 is 19.9 Å². The Morgan fingerprint density at radius 1 is 1.43 bits per heavy atom. The minimum absolute atomic E-state index is 0. The minimum atomic E-state index is 0. The van der Waals surface area contributed by atoms with Crippen LogP contribution in [0.2, 0.25) is 0 Å². The van der Waals surface area contributed by atoms with Crippen LogP contribution in [0.3, 0.4) is 0 Å². The van der Waals surface area contributed by atoms with E-state index < -0.39 is 0 Å². The Bertz CT molecular complexity index is 478. The van der Waals surface area contributed by atoms with Crippen molar-refractivity contribution in [1.29, 1.82) is 0 Å². The van der Waals surface area contributed by atoms with Gasteiger partial charge in [0.2, 0.25) is 0 Å². The molecule has 0 aromatic heterocycles. The largest absolute Gasteiger partial charge is 0.497 e. The first-order valence-corrected chi connectivity index (χ1v) is 6.93. The Hall–Kier alpha value is -1.18. The summed E-state index contributed by atoms with van der Waals surface area (Å²) in [4.78, 5) is 8.66. The van der Waals surface area contributed by atoms with Gasteiger partial charge in [-0.1, -0.05) is 6.07 Å². The van der Waals surface area contributed by atoms with E-state index in [4.69, 9.17) is 4.74 Å². The van der Waals surface area contributed by atoms with Gasteiger partial charge >= 0.3 is 0 Å². The second-order valence-electron chi connectivity index (χ2n) is 5.22. The van der Waals surface area contributed by atoms with Crippen LogP contribution in [0.5, 0.6) is 5.75 Å². The quantitative estimate of drug-likeness (QED) is 0.476. The van der Waals surface area contributed by atoms with Crippen molar-refractivity contribution in [3.8, 4) is 5.75 Å². The van der Waals surface area contributed by atoms with E-state index in [0.29, 0.717) is 6.04 Å². The van der Waals surface area contributed by atoms with Gasteiger partial charge in [-0.15, -0.1) is 24.0 Å². The number of guanidine groups is 1. The fourth-order valence-electron chi connectivity index (χ4n) is 2.50. The molecule has 21 heavy (non-hydrogen) atoms. The van der Waals surface area contributed by atoms with E-state index in [1.165, 1.54) is 5.69 Å². The molecule has 1 aliphatic heterocycles. The molecule has 1 unspecified atom stereocenters. The number of halogens is 1. The number of aliphatic imine (C=N–C) groups is 1. The third-order valence-corrected chi connectivity index (χ3v) is 3.58. The Balaban J connectivity index is 0.00000220. The average molecular weight is 404 g/mol. The van der Waals surface area contributed by atoms with E-state index in [-0.39, 0.29) is 24.0 Å². The SMILES string of the molecule is CN=C(NC1CCN(c2cccc(OC)c2)C1)N(C)C.I. The minimum Gasteiger partial charge on any atom is -0.497 e. The summed E-state index contributed by atoms with van der Waals surface area (Å²) in [6.07, 6.45) is 1.12. The molecule has 118 valence electrons. The van der Waals surface area contributed by atoms with Gasteiger partial charge in [-0.05, 0) is 18.6 Å². The molecule has 1 N–H and O–H groups in total. The summed E-state index contributed by atoms with van der Waals surface area (Å²) in [6, 6.07) is 8.66. The van der Waals surface area contributed by atoms with Crippen LogP contribution in [-0.4, -0.2) is 58.2 Å².